The molecule has 1 aromatic heterocycles. The van der Waals surface area contributed by atoms with Crippen molar-refractivity contribution in [3.8, 4) is 0 Å². The Kier molecular flexibility index (Phi) is 8.74. The summed E-state index contributed by atoms with van der Waals surface area (Å²) in [6, 6.07) is 10.6. The monoisotopic (exact) mass is 572 g/mol. The van der Waals surface area contributed by atoms with Crippen LogP contribution >= 0.6 is 0 Å². The molecule has 3 aromatic rings. The number of nitrogens with one attached hydrogen (secondary N) is 2. The van der Waals surface area contributed by atoms with E-state index in [1.165, 1.54) is 10.6 Å². The van der Waals surface area contributed by atoms with Crippen molar-refractivity contribution in [1.82, 2.24) is 20.2 Å². The van der Waals surface area contributed by atoms with E-state index in [1.54, 1.807) is 44.2 Å². The molecule has 0 bridgehead atoms. The zero-order valence-corrected chi connectivity index (χ0v) is 22.2. The summed E-state index contributed by atoms with van der Waals surface area (Å²) in [4.78, 5) is 54.4. The molecule has 41 heavy (non-hydrogen) atoms. The first-order valence-electron chi connectivity index (χ1n) is 12.8. The van der Waals surface area contributed by atoms with Crippen molar-refractivity contribution in [1.29, 1.82) is 0 Å². The molecule has 0 fully saturated rings. The fourth-order valence-electron chi connectivity index (χ4n) is 4.40. The first kappa shape index (κ1) is 29.3. The van der Waals surface area contributed by atoms with Gasteiger partial charge in [-0.15, -0.1) is 0 Å². The number of benzene rings is 2. The Labute approximate surface area is 232 Å². The van der Waals surface area contributed by atoms with Crippen molar-refractivity contribution in [2.24, 2.45) is 0 Å². The molecule has 4 rings (SSSR count). The normalized spacial score (nSPS) is 15.3. The van der Waals surface area contributed by atoms with Crippen LogP contribution in [0.2, 0.25) is 0 Å². The minimum absolute atomic E-state index is 0.0469. The number of esters is 2. The molecule has 10 nitrogen and oxygen atoms in total. The number of alkyl halides is 3. The number of amides is 2. The van der Waals surface area contributed by atoms with Crippen LogP contribution in [-0.2, 0) is 38.2 Å². The zero-order valence-electron chi connectivity index (χ0n) is 22.2. The van der Waals surface area contributed by atoms with E-state index in [9.17, 15) is 32.3 Å². The number of carbonyl (C=O) groups is 3. The van der Waals surface area contributed by atoms with E-state index >= 15 is 0 Å². The molecule has 13 heteroatoms. The Morgan fingerprint density at radius 2 is 1.80 bits per heavy atom. The molecule has 2 aromatic carbocycles. The van der Waals surface area contributed by atoms with Crippen LogP contribution in [0.4, 0.5) is 18.0 Å². The smallest absolute Gasteiger partial charge is 0.416 e. The predicted molar refractivity (Wildman–Crippen MR) is 141 cm³/mol. The molecule has 1 aliphatic heterocycles. The number of ether oxygens (including phenoxy) is 2. The van der Waals surface area contributed by atoms with E-state index in [2.05, 4.69) is 15.6 Å². The number of aromatic nitrogens is 2. The number of aryl methyl sites for hydroxylation is 1. The molecule has 0 spiro atoms. The zero-order chi connectivity index (χ0) is 29.7. The maximum atomic E-state index is 13.4. The second kappa shape index (κ2) is 12.2. The van der Waals surface area contributed by atoms with Gasteiger partial charge in [0, 0.05) is 6.42 Å². The van der Waals surface area contributed by atoms with E-state index < -0.39 is 47.9 Å². The van der Waals surface area contributed by atoms with Crippen LogP contribution in [0.15, 0.2) is 64.6 Å². The molecule has 0 saturated heterocycles. The van der Waals surface area contributed by atoms with E-state index in [4.69, 9.17) is 9.47 Å². The van der Waals surface area contributed by atoms with Crippen LogP contribution < -0.4 is 16.2 Å². The highest BCUT2D eigenvalue weighted by Crippen LogP contribution is 2.31. The number of nitrogens with zero attached hydrogens (tertiary/aromatic N) is 2. The lowest BCUT2D eigenvalue weighted by Gasteiger charge is -2.26. The molecule has 1 atom stereocenters. The highest BCUT2D eigenvalue weighted by atomic mass is 19.4. The molecule has 0 radical (unpaired) electrons. The van der Waals surface area contributed by atoms with Gasteiger partial charge < -0.3 is 24.7 Å². The van der Waals surface area contributed by atoms with Gasteiger partial charge in [-0.1, -0.05) is 30.3 Å². The van der Waals surface area contributed by atoms with Gasteiger partial charge in [0.25, 0.3) is 5.56 Å². The summed E-state index contributed by atoms with van der Waals surface area (Å²) in [6.07, 6.45) is -5.16. The van der Waals surface area contributed by atoms with Gasteiger partial charge in [-0.25, -0.2) is 14.6 Å². The highest BCUT2D eigenvalue weighted by Gasteiger charge is 2.32. The molecule has 0 saturated carbocycles. The molecule has 2 N–H and O–H groups in total. The lowest BCUT2D eigenvalue weighted by molar-refractivity contribution is -0.143. The number of hydrogen-bond acceptors (Lipinski definition) is 7. The van der Waals surface area contributed by atoms with Crippen molar-refractivity contribution in [2.75, 3.05) is 13.2 Å². The van der Waals surface area contributed by atoms with Crippen molar-refractivity contribution >= 4 is 29.0 Å². The SMILES string of the molecule is CCOC(=O)C1=C(COC(=O)CCc2nc3cc(C(F)(F)F)ccc3n(Cc3ccccc3)c2=O)NC(=O)NC1C. The highest BCUT2D eigenvalue weighted by molar-refractivity contribution is 5.94. The molecule has 2 heterocycles. The standard InChI is InChI=1S/C28H27F3N4O6/c1-3-40-26(38)24-16(2)32-27(39)34-21(24)15-41-23(36)12-10-19-25(37)35(14-17-7-5-4-6-8-17)22-11-9-18(28(29,30)31)13-20(22)33-19/h4-9,11,13,16H,3,10,12,14-15H2,1-2H3,(H2,32,34,39). The summed E-state index contributed by atoms with van der Waals surface area (Å²) in [5.41, 5.74) is -0.517. The third-order valence-corrected chi connectivity index (χ3v) is 6.33. The van der Waals surface area contributed by atoms with Crippen molar-refractivity contribution in [3.63, 3.8) is 0 Å². The summed E-state index contributed by atoms with van der Waals surface area (Å²) in [6.45, 7) is 2.93. The summed E-state index contributed by atoms with van der Waals surface area (Å²) in [7, 11) is 0. The minimum atomic E-state index is -4.61. The molecule has 2 amide bonds. The van der Waals surface area contributed by atoms with Crippen molar-refractivity contribution < 1.29 is 37.0 Å². The average molecular weight is 573 g/mol. The Morgan fingerprint density at radius 3 is 2.49 bits per heavy atom. The molecule has 216 valence electrons. The molecular formula is C28H27F3N4O6. The molecule has 0 aliphatic carbocycles. The Morgan fingerprint density at radius 1 is 1.07 bits per heavy atom. The van der Waals surface area contributed by atoms with Gasteiger partial charge in [0.1, 0.15) is 12.3 Å². The lowest BCUT2D eigenvalue weighted by atomic mass is 10.0. The third kappa shape index (κ3) is 6.91. The van der Waals surface area contributed by atoms with Crippen LogP contribution in [0.1, 0.15) is 37.1 Å². The number of halogens is 3. The van der Waals surface area contributed by atoms with Crippen molar-refractivity contribution in [2.45, 2.75) is 45.5 Å². The summed E-state index contributed by atoms with van der Waals surface area (Å²) in [5, 5.41) is 4.96. The van der Waals surface area contributed by atoms with Gasteiger partial charge in [-0.05, 0) is 37.6 Å². The molecule has 1 aliphatic rings. The van der Waals surface area contributed by atoms with Gasteiger partial charge >= 0.3 is 24.1 Å². The quantitative estimate of drug-likeness (QED) is 0.376. The Balaban J connectivity index is 1.57. The maximum Gasteiger partial charge on any atom is 0.416 e. The van der Waals surface area contributed by atoms with Gasteiger partial charge in [0.15, 0.2) is 0 Å². The Hall–Kier alpha value is -4.68. The summed E-state index contributed by atoms with van der Waals surface area (Å²) in [5.74, 6) is -1.46. The summed E-state index contributed by atoms with van der Waals surface area (Å²) >= 11 is 0. The topological polar surface area (TPSA) is 129 Å². The van der Waals surface area contributed by atoms with E-state index in [1.807, 2.05) is 0 Å². The van der Waals surface area contributed by atoms with Gasteiger partial charge in [-0.2, -0.15) is 13.2 Å². The maximum absolute atomic E-state index is 13.4. The van der Waals surface area contributed by atoms with Crippen LogP contribution in [0.25, 0.3) is 11.0 Å². The second-order valence-corrected chi connectivity index (χ2v) is 9.23. The predicted octanol–water partition coefficient (Wildman–Crippen LogP) is 3.46. The van der Waals surface area contributed by atoms with E-state index in [0.29, 0.717) is 0 Å². The number of hydrogen-bond donors (Lipinski definition) is 2. The van der Waals surface area contributed by atoms with Gasteiger partial charge in [0.05, 0.1) is 53.5 Å². The number of fused-ring (bicyclic) bond motifs is 1. The molecule has 1 unspecified atom stereocenters. The number of urea groups is 1. The first-order valence-corrected chi connectivity index (χ1v) is 12.8. The van der Waals surface area contributed by atoms with Crippen LogP contribution in [0.3, 0.4) is 0 Å². The first-order chi connectivity index (χ1) is 19.5. The van der Waals surface area contributed by atoms with Crippen LogP contribution in [0.5, 0.6) is 0 Å². The minimum Gasteiger partial charge on any atom is -0.463 e. The van der Waals surface area contributed by atoms with E-state index in [-0.39, 0.29) is 54.0 Å². The largest absolute Gasteiger partial charge is 0.463 e. The number of carbonyl (C=O) groups excluding carboxylic acids is 3. The van der Waals surface area contributed by atoms with Gasteiger partial charge in [-0.3, -0.25) is 9.59 Å². The van der Waals surface area contributed by atoms with Crippen LogP contribution in [0, 0.1) is 0 Å². The molecular weight excluding hydrogens is 545 g/mol. The van der Waals surface area contributed by atoms with E-state index in [0.717, 1.165) is 17.7 Å². The second-order valence-electron chi connectivity index (χ2n) is 9.23. The fraction of sp³-hybridized carbons (Fsp3) is 0.321. The fourth-order valence-corrected chi connectivity index (χ4v) is 4.40. The lowest BCUT2D eigenvalue weighted by Crippen LogP contribution is -2.50. The average Bonchev–Trinajstić information content (AvgIpc) is 2.92. The van der Waals surface area contributed by atoms with Gasteiger partial charge in [0.2, 0.25) is 0 Å². The Bertz CT molecular complexity index is 1570. The van der Waals surface area contributed by atoms with Crippen molar-refractivity contribution in [3.05, 3.63) is 87.0 Å². The third-order valence-electron chi connectivity index (χ3n) is 6.33. The number of rotatable bonds is 9. The van der Waals surface area contributed by atoms with Crippen LogP contribution in [-0.4, -0.2) is 46.8 Å². The summed E-state index contributed by atoms with van der Waals surface area (Å²) < 4.78 is 51.7.